The molecular weight excluding hydrogens is 214 g/mol. The summed E-state index contributed by atoms with van der Waals surface area (Å²) in [6.45, 7) is 1.29. The van der Waals surface area contributed by atoms with E-state index >= 15 is 0 Å². The third-order valence-electron chi connectivity index (χ3n) is 3.01. The quantitative estimate of drug-likeness (QED) is 0.806. The Hall–Kier alpha value is -1.42. The fourth-order valence-corrected chi connectivity index (χ4v) is 1.89. The zero-order valence-corrected chi connectivity index (χ0v) is 10.0. The normalized spacial score (nSPS) is 14.6. The van der Waals surface area contributed by atoms with Crippen LogP contribution in [0.4, 0.5) is 0 Å². The number of aromatic nitrogens is 1. The Labute approximate surface area is 102 Å². The summed E-state index contributed by atoms with van der Waals surface area (Å²) in [6.07, 6.45) is 7.16. The van der Waals surface area contributed by atoms with Gasteiger partial charge in [-0.3, -0.25) is 9.78 Å². The van der Waals surface area contributed by atoms with Crippen molar-refractivity contribution in [2.24, 2.45) is 5.73 Å². The third kappa shape index (κ3) is 3.53. The number of hydrogen-bond acceptors (Lipinski definition) is 3. The van der Waals surface area contributed by atoms with Crippen molar-refractivity contribution in [2.45, 2.75) is 38.3 Å². The van der Waals surface area contributed by atoms with Crippen LogP contribution in [0, 0.1) is 0 Å². The second-order valence-electron chi connectivity index (χ2n) is 4.50. The van der Waals surface area contributed by atoms with Gasteiger partial charge in [0.05, 0.1) is 0 Å². The van der Waals surface area contributed by atoms with Crippen molar-refractivity contribution < 1.29 is 4.79 Å². The first-order valence-corrected chi connectivity index (χ1v) is 6.19. The molecule has 0 aliphatic heterocycles. The molecule has 4 heteroatoms. The van der Waals surface area contributed by atoms with Crippen LogP contribution in [0.5, 0.6) is 0 Å². The summed E-state index contributed by atoms with van der Waals surface area (Å²) in [4.78, 5) is 18.0. The largest absolute Gasteiger partial charge is 0.335 e. The van der Waals surface area contributed by atoms with Crippen molar-refractivity contribution in [2.75, 3.05) is 6.54 Å². The number of nitrogens with two attached hydrogens (primary N) is 1. The van der Waals surface area contributed by atoms with Gasteiger partial charge in [0, 0.05) is 31.4 Å². The van der Waals surface area contributed by atoms with Gasteiger partial charge in [-0.2, -0.15) is 0 Å². The van der Waals surface area contributed by atoms with Gasteiger partial charge in [0.1, 0.15) is 0 Å². The molecule has 0 radical (unpaired) electrons. The molecule has 17 heavy (non-hydrogen) atoms. The van der Waals surface area contributed by atoms with Crippen molar-refractivity contribution in [1.29, 1.82) is 0 Å². The van der Waals surface area contributed by atoms with Crippen LogP contribution in [0.1, 0.15) is 31.2 Å². The van der Waals surface area contributed by atoms with Crippen LogP contribution in [0.3, 0.4) is 0 Å². The molecule has 1 aromatic rings. The van der Waals surface area contributed by atoms with Crippen LogP contribution >= 0.6 is 0 Å². The van der Waals surface area contributed by atoms with Crippen LogP contribution in [0.25, 0.3) is 0 Å². The highest BCUT2D eigenvalue weighted by Crippen LogP contribution is 2.29. The van der Waals surface area contributed by atoms with Gasteiger partial charge in [-0.1, -0.05) is 0 Å². The lowest BCUT2D eigenvalue weighted by Crippen LogP contribution is -2.32. The van der Waals surface area contributed by atoms with E-state index in [1.807, 2.05) is 17.0 Å². The number of carbonyl (C=O) groups excluding carboxylic acids is 1. The van der Waals surface area contributed by atoms with Crippen LogP contribution in [0.2, 0.25) is 0 Å². The Kier molecular flexibility index (Phi) is 4.09. The summed E-state index contributed by atoms with van der Waals surface area (Å²) < 4.78 is 0. The van der Waals surface area contributed by atoms with E-state index in [4.69, 9.17) is 5.73 Å². The summed E-state index contributed by atoms with van der Waals surface area (Å²) in [5, 5.41) is 0. The Balaban J connectivity index is 1.95. The van der Waals surface area contributed by atoms with Gasteiger partial charge in [-0.15, -0.1) is 0 Å². The Bertz CT molecular complexity index is 362. The molecule has 0 spiro atoms. The summed E-state index contributed by atoms with van der Waals surface area (Å²) in [6, 6.07) is 4.38. The molecule has 2 N–H and O–H groups in total. The maximum absolute atomic E-state index is 12.0. The van der Waals surface area contributed by atoms with Crippen molar-refractivity contribution in [3.8, 4) is 0 Å². The van der Waals surface area contributed by atoms with Gasteiger partial charge in [0.15, 0.2) is 0 Å². The lowest BCUT2D eigenvalue weighted by Gasteiger charge is -2.22. The first-order chi connectivity index (χ1) is 8.31. The molecule has 92 valence electrons. The van der Waals surface area contributed by atoms with E-state index in [0.717, 1.165) is 24.8 Å². The minimum Gasteiger partial charge on any atom is -0.335 e. The number of pyridine rings is 1. The zero-order valence-electron chi connectivity index (χ0n) is 10.0. The Morgan fingerprint density at radius 3 is 2.71 bits per heavy atom. The highest BCUT2D eigenvalue weighted by Gasteiger charge is 2.31. The maximum Gasteiger partial charge on any atom is 0.223 e. The fourth-order valence-electron chi connectivity index (χ4n) is 1.89. The predicted octanol–water partition coefficient (Wildman–Crippen LogP) is 1.31. The minimum atomic E-state index is 0.231. The smallest absolute Gasteiger partial charge is 0.223 e. The molecule has 1 heterocycles. The molecule has 1 amide bonds. The lowest BCUT2D eigenvalue weighted by atomic mass is 10.2. The molecule has 1 aliphatic rings. The molecule has 1 aliphatic carbocycles. The van der Waals surface area contributed by atoms with Crippen LogP contribution in [-0.4, -0.2) is 28.4 Å². The summed E-state index contributed by atoms with van der Waals surface area (Å²) in [5.41, 5.74) is 6.59. The first kappa shape index (κ1) is 12.0. The highest BCUT2D eigenvalue weighted by molar-refractivity contribution is 5.76. The topological polar surface area (TPSA) is 59.2 Å². The van der Waals surface area contributed by atoms with E-state index in [9.17, 15) is 4.79 Å². The molecular formula is C13H19N3O. The standard InChI is InChI=1S/C13H19N3O/c14-7-1-2-13(17)16(12-3-4-12)10-11-5-8-15-9-6-11/h5-6,8-9,12H,1-4,7,10,14H2. The van der Waals surface area contributed by atoms with Crippen molar-refractivity contribution >= 4 is 5.91 Å². The van der Waals surface area contributed by atoms with E-state index in [0.29, 0.717) is 25.6 Å². The van der Waals surface area contributed by atoms with Crippen molar-refractivity contribution in [1.82, 2.24) is 9.88 Å². The highest BCUT2D eigenvalue weighted by atomic mass is 16.2. The zero-order chi connectivity index (χ0) is 12.1. The maximum atomic E-state index is 12.0. The first-order valence-electron chi connectivity index (χ1n) is 6.19. The predicted molar refractivity (Wildman–Crippen MR) is 66.1 cm³/mol. The summed E-state index contributed by atoms with van der Waals surface area (Å²) >= 11 is 0. The SMILES string of the molecule is NCCCC(=O)N(Cc1ccncc1)C1CC1. The Morgan fingerprint density at radius 2 is 2.12 bits per heavy atom. The number of nitrogens with zero attached hydrogens (tertiary/aromatic N) is 2. The van der Waals surface area contributed by atoms with Crippen LogP contribution in [-0.2, 0) is 11.3 Å². The van der Waals surface area contributed by atoms with Gasteiger partial charge in [-0.05, 0) is 43.5 Å². The van der Waals surface area contributed by atoms with Gasteiger partial charge in [-0.25, -0.2) is 0 Å². The van der Waals surface area contributed by atoms with Crippen molar-refractivity contribution in [3.05, 3.63) is 30.1 Å². The van der Waals surface area contributed by atoms with E-state index in [1.54, 1.807) is 12.4 Å². The molecule has 0 aromatic carbocycles. The third-order valence-corrected chi connectivity index (χ3v) is 3.01. The van der Waals surface area contributed by atoms with Crippen LogP contribution in [0.15, 0.2) is 24.5 Å². The second kappa shape index (κ2) is 5.77. The molecule has 2 rings (SSSR count). The minimum absolute atomic E-state index is 0.231. The van der Waals surface area contributed by atoms with Crippen molar-refractivity contribution in [3.63, 3.8) is 0 Å². The number of carbonyl (C=O) groups is 1. The lowest BCUT2D eigenvalue weighted by molar-refractivity contribution is -0.132. The summed E-state index contributed by atoms with van der Waals surface area (Å²) in [5.74, 6) is 0.231. The Morgan fingerprint density at radius 1 is 1.41 bits per heavy atom. The molecule has 1 aromatic heterocycles. The van der Waals surface area contributed by atoms with E-state index in [-0.39, 0.29) is 5.91 Å². The molecule has 0 bridgehead atoms. The average molecular weight is 233 g/mol. The van der Waals surface area contributed by atoms with Gasteiger partial charge in [0.25, 0.3) is 0 Å². The molecule has 0 saturated heterocycles. The number of amides is 1. The van der Waals surface area contributed by atoms with Crippen LogP contribution < -0.4 is 5.73 Å². The molecule has 1 saturated carbocycles. The second-order valence-corrected chi connectivity index (χ2v) is 4.50. The average Bonchev–Trinajstić information content (AvgIpc) is 3.18. The van der Waals surface area contributed by atoms with Gasteiger partial charge in [0.2, 0.25) is 5.91 Å². The van der Waals surface area contributed by atoms with E-state index in [2.05, 4.69) is 4.98 Å². The monoisotopic (exact) mass is 233 g/mol. The molecule has 0 unspecified atom stereocenters. The molecule has 4 nitrogen and oxygen atoms in total. The summed E-state index contributed by atoms with van der Waals surface area (Å²) in [7, 11) is 0. The number of rotatable bonds is 6. The van der Waals surface area contributed by atoms with Gasteiger partial charge < -0.3 is 10.6 Å². The molecule has 0 atom stereocenters. The number of hydrogen-bond donors (Lipinski definition) is 1. The van der Waals surface area contributed by atoms with E-state index in [1.165, 1.54) is 0 Å². The van der Waals surface area contributed by atoms with Gasteiger partial charge >= 0.3 is 0 Å². The van der Waals surface area contributed by atoms with E-state index < -0.39 is 0 Å². The molecule has 1 fully saturated rings. The fraction of sp³-hybridized carbons (Fsp3) is 0.538.